The third kappa shape index (κ3) is 5.78. The molecule has 0 radical (unpaired) electrons. The second-order valence-corrected chi connectivity index (χ2v) is 11.4. The van der Waals surface area contributed by atoms with Crippen LogP contribution in [0.2, 0.25) is 5.02 Å². The Morgan fingerprint density at radius 1 is 1.24 bits per heavy atom. The van der Waals surface area contributed by atoms with Gasteiger partial charge in [-0.3, -0.25) is 4.79 Å². The van der Waals surface area contributed by atoms with E-state index in [1.165, 1.54) is 4.31 Å². The standard InChI is InChI=1S/C24H26ClN3O4S2/c1-17-23(22(32-27-17)9-8-21-3-2-16-33-21)34(30,31)28-14-11-19(12-15-28)24(29)26-13-10-18-4-6-20(25)7-5-18/h2-9,16,19H,10-15H2,1H3,(H,26,29). The van der Waals surface area contributed by atoms with Gasteiger partial charge in [-0.1, -0.05) is 35.0 Å². The van der Waals surface area contributed by atoms with Crippen LogP contribution in [0.4, 0.5) is 0 Å². The average Bonchev–Trinajstić information content (AvgIpc) is 3.48. The number of carbonyl (C=O) groups excluding carboxylic acids is 1. The van der Waals surface area contributed by atoms with E-state index >= 15 is 0 Å². The second kappa shape index (κ2) is 10.9. The van der Waals surface area contributed by atoms with Crippen molar-refractivity contribution >= 4 is 51.0 Å². The SMILES string of the molecule is Cc1noc(C=Cc2cccs2)c1S(=O)(=O)N1CCC(C(=O)NCCc2ccc(Cl)cc2)CC1. The van der Waals surface area contributed by atoms with Crippen LogP contribution in [-0.2, 0) is 21.2 Å². The molecular formula is C24H26ClN3O4S2. The smallest absolute Gasteiger partial charge is 0.248 e. The van der Waals surface area contributed by atoms with Crippen LogP contribution < -0.4 is 5.32 Å². The number of nitrogens with one attached hydrogen (secondary N) is 1. The minimum absolute atomic E-state index is 0.0354. The Kier molecular flexibility index (Phi) is 7.88. The van der Waals surface area contributed by atoms with Gasteiger partial charge < -0.3 is 9.84 Å². The van der Waals surface area contributed by atoms with Gasteiger partial charge in [0.05, 0.1) is 0 Å². The summed E-state index contributed by atoms with van der Waals surface area (Å²) in [6.45, 7) is 2.70. The predicted octanol–water partition coefficient (Wildman–Crippen LogP) is 4.63. The summed E-state index contributed by atoms with van der Waals surface area (Å²) in [6.07, 6.45) is 5.10. The van der Waals surface area contributed by atoms with Crippen LogP contribution in [0.1, 0.15) is 34.7 Å². The highest BCUT2D eigenvalue weighted by molar-refractivity contribution is 7.89. The zero-order chi connectivity index (χ0) is 24.1. The van der Waals surface area contributed by atoms with Crippen molar-refractivity contribution in [1.29, 1.82) is 0 Å². The van der Waals surface area contributed by atoms with Gasteiger partial charge in [-0.2, -0.15) is 4.31 Å². The molecular weight excluding hydrogens is 494 g/mol. The molecule has 1 aromatic carbocycles. The first kappa shape index (κ1) is 24.7. The summed E-state index contributed by atoms with van der Waals surface area (Å²) in [4.78, 5) is 13.7. The number of rotatable bonds is 8. The first-order valence-corrected chi connectivity index (χ1v) is 13.7. The number of carbonyl (C=O) groups is 1. The number of thiophene rings is 1. The van der Waals surface area contributed by atoms with E-state index in [1.807, 2.05) is 47.9 Å². The van der Waals surface area contributed by atoms with E-state index in [0.29, 0.717) is 36.5 Å². The lowest BCUT2D eigenvalue weighted by atomic mass is 9.97. The highest BCUT2D eigenvalue weighted by Crippen LogP contribution is 2.29. The molecule has 0 saturated carbocycles. The lowest BCUT2D eigenvalue weighted by Crippen LogP contribution is -2.43. The number of amides is 1. The van der Waals surface area contributed by atoms with Crippen LogP contribution in [0.15, 0.2) is 51.2 Å². The highest BCUT2D eigenvalue weighted by atomic mass is 35.5. The molecule has 1 fully saturated rings. The largest absolute Gasteiger partial charge is 0.356 e. The lowest BCUT2D eigenvalue weighted by Gasteiger charge is -2.30. The van der Waals surface area contributed by atoms with Crippen molar-refractivity contribution in [2.45, 2.75) is 31.1 Å². The molecule has 0 atom stereocenters. The molecule has 1 saturated heterocycles. The molecule has 0 aliphatic carbocycles. The van der Waals surface area contributed by atoms with Gasteiger partial charge in [0.1, 0.15) is 5.69 Å². The van der Waals surface area contributed by atoms with Crippen molar-refractivity contribution in [2.75, 3.05) is 19.6 Å². The number of aryl methyl sites for hydroxylation is 1. The molecule has 4 rings (SSSR count). The molecule has 10 heteroatoms. The summed E-state index contributed by atoms with van der Waals surface area (Å²) in [6, 6.07) is 11.4. The minimum Gasteiger partial charge on any atom is -0.356 e. The van der Waals surface area contributed by atoms with Crippen LogP contribution >= 0.6 is 22.9 Å². The van der Waals surface area contributed by atoms with Crippen molar-refractivity contribution in [3.8, 4) is 0 Å². The Morgan fingerprint density at radius 2 is 1.97 bits per heavy atom. The molecule has 180 valence electrons. The summed E-state index contributed by atoms with van der Waals surface area (Å²) in [5, 5.41) is 9.48. The maximum Gasteiger partial charge on any atom is 0.248 e. The number of piperidine rings is 1. The van der Waals surface area contributed by atoms with Gasteiger partial charge in [-0.25, -0.2) is 8.42 Å². The molecule has 7 nitrogen and oxygen atoms in total. The van der Waals surface area contributed by atoms with Gasteiger partial charge in [-0.15, -0.1) is 11.3 Å². The number of hydrogen-bond acceptors (Lipinski definition) is 6. The molecule has 2 aromatic heterocycles. The van der Waals surface area contributed by atoms with E-state index in [-0.39, 0.29) is 35.6 Å². The summed E-state index contributed by atoms with van der Waals surface area (Å²) in [5.41, 5.74) is 1.42. The summed E-state index contributed by atoms with van der Waals surface area (Å²) >= 11 is 7.45. The zero-order valence-corrected chi connectivity index (χ0v) is 21.1. The van der Waals surface area contributed by atoms with E-state index in [4.69, 9.17) is 16.1 Å². The van der Waals surface area contributed by atoms with Crippen molar-refractivity contribution in [2.24, 2.45) is 5.92 Å². The third-order valence-electron chi connectivity index (χ3n) is 5.82. The molecule has 0 bridgehead atoms. The molecule has 1 N–H and O–H groups in total. The normalized spacial score (nSPS) is 15.7. The predicted molar refractivity (Wildman–Crippen MR) is 134 cm³/mol. The Balaban J connectivity index is 1.34. The summed E-state index contributed by atoms with van der Waals surface area (Å²) in [5.74, 6) is -0.0295. The molecule has 3 aromatic rings. The highest BCUT2D eigenvalue weighted by Gasteiger charge is 2.35. The van der Waals surface area contributed by atoms with Crippen molar-refractivity contribution in [1.82, 2.24) is 14.8 Å². The van der Waals surface area contributed by atoms with Gasteiger partial charge in [0.2, 0.25) is 15.9 Å². The van der Waals surface area contributed by atoms with Crippen molar-refractivity contribution in [3.05, 3.63) is 68.7 Å². The molecule has 1 amide bonds. The minimum atomic E-state index is -3.79. The van der Waals surface area contributed by atoms with Crippen LogP contribution in [0.5, 0.6) is 0 Å². The Morgan fingerprint density at radius 3 is 2.65 bits per heavy atom. The molecule has 1 aliphatic heterocycles. The van der Waals surface area contributed by atoms with E-state index < -0.39 is 10.0 Å². The van der Waals surface area contributed by atoms with Gasteiger partial charge in [0, 0.05) is 35.5 Å². The number of hydrogen-bond donors (Lipinski definition) is 1. The van der Waals surface area contributed by atoms with Gasteiger partial charge in [0.15, 0.2) is 10.7 Å². The maximum absolute atomic E-state index is 13.4. The lowest BCUT2D eigenvalue weighted by molar-refractivity contribution is -0.126. The third-order valence-corrected chi connectivity index (χ3v) is 8.97. The number of benzene rings is 1. The molecule has 1 aliphatic rings. The number of aromatic nitrogens is 1. The second-order valence-electron chi connectivity index (χ2n) is 8.16. The average molecular weight is 520 g/mol. The van der Waals surface area contributed by atoms with Gasteiger partial charge in [0.25, 0.3) is 0 Å². The fraction of sp³-hybridized carbons (Fsp3) is 0.333. The first-order valence-electron chi connectivity index (χ1n) is 11.0. The molecule has 3 heterocycles. The summed E-state index contributed by atoms with van der Waals surface area (Å²) < 4.78 is 33.5. The van der Waals surface area contributed by atoms with Gasteiger partial charge >= 0.3 is 0 Å². The fourth-order valence-corrected chi connectivity index (χ4v) is 6.42. The first-order chi connectivity index (χ1) is 16.3. The molecule has 34 heavy (non-hydrogen) atoms. The Bertz CT molecular complexity index is 1240. The fourth-order valence-electron chi connectivity index (χ4n) is 3.96. The topological polar surface area (TPSA) is 92.5 Å². The van der Waals surface area contributed by atoms with Crippen molar-refractivity contribution in [3.63, 3.8) is 0 Å². The molecule has 0 spiro atoms. The number of sulfonamides is 1. The van der Waals surface area contributed by atoms with E-state index in [1.54, 1.807) is 24.3 Å². The monoisotopic (exact) mass is 519 g/mol. The van der Waals surface area contributed by atoms with Crippen LogP contribution in [0.3, 0.4) is 0 Å². The van der Waals surface area contributed by atoms with Gasteiger partial charge in [-0.05, 0) is 67.5 Å². The Hall–Kier alpha value is -2.46. The van der Waals surface area contributed by atoms with E-state index in [9.17, 15) is 13.2 Å². The van der Waals surface area contributed by atoms with Crippen LogP contribution in [0, 0.1) is 12.8 Å². The van der Waals surface area contributed by atoms with Crippen LogP contribution in [0.25, 0.3) is 12.2 Å². The number of nitrogens with zero attached hydrogens (tertiary/aromatic N) is 2. The Labute approximate surface area is 208 Å². The molecule has 0 unspecified atom stereocenters. The van der Waals surface area contributed by atoms with E-state index in [2.05, 4.69) is 10.5 Å². The maximum atomic E-state index is 13.4. The number of halogens is 1. The van der Waals surface area contributed by atoms with Crippen molar-refractivity contribution < 1.29 is 17.7 Å². The zero-order valence-electron chi connectivity index (χ0n) is 18.7. The van der Waals surface area contributed by atoms with E-state index in [0.717, 1.165) is 10.4 Å². The summed E-state index contributed by atoms with van der Waals surface area (Å²) in [7, 11) is -3.79. The van der Waals surface area contributed by atoms with Crippen LogP contribution in [-0.4, -0.2) is 43.4 Å². The quantitative estimate of drug-likeness (QED) is 0.468.